The standard InChI is InChI=1S/C12H11ClN2O3S/c1-2-18-9-5-6(3-7(13)10(9)16)4-8-11(17)15-12(19)14-8/h3-5,16H,2H2,1H3,(H2,14,15,17,19)/b8-4+. The number of halogens is 1. The van der Waals surface area contributed by atoms with Gasteiger partial charge in [-0.2, -0.15) is 0 Å². The van der Waals surface area contributed by atoms with Crippen molar-refractivity contribution in [1.82, 2.24) is 10.6 Å². The first-order valence-corrected chi connectivity index (χ1v) is 6.29. The Bertz CT molecular complexity index is 587. The number of aromatic hydroxyl groups is 1. The van der Waals surface area contributed by atoms with Crippen LogP contribution in [0.1, 0.15) is 12.5 Å². The van der Waals surface area contributed by atoms with Gasteiger partial charge in [0, 0.05) is 0 Å². The molecule has 2 rings (SSSR count). The molecule has 3 N–H and O–H groups in total. The van der Waals surface area contributed by atoms with Gasteiger partial charge in [0.25, 0.3) is 5.91 Å². The van der Waals surface area contributed by atoms with Crippen molar-refractivity contribution < 1.29 is 14.6 Å². The summed E-state index contributed by atoms with van der Waals surface area (Å²) in [4.78, 5) is 11.5. The van der Waals surface area contributed by atoms with E-state index in [-0.39, 0.29) is 27.5 Å². The van der Waals surface area contributed by atoms with Crippen LogP contribution in [0.15, 0.2) is 17.8 Å². The van der Waals surface area contributed by atoms with Crippen molar-refractivity contribution in [3.8, 4) is 11.5 Å². The average molecular weight is 299 g/mol. The minimum atomic E-state index is -0.313. The summed E-state index contributed by atoms with van der Waals surface area (Å²) in [5.41, 5.74) is 0.933. The van der Waals surface area contributed by atoms with Crippen molar-refractivity contribution in [2.24, 2.45) is 0 Å². The number of phenolic OH excluding ortho intramolecular Hbond substituents is 1. The van der Waals surface area contributed by atoms with E-state index >= 15 is 0 Å². The van der Waals surface area contributed by atoms with Crippen molar-refractivity contribution in [3.05, 3.63) is 28.4 Å². The highest BCUT2D eigenvalue weighted by Crippen LogP contribution is 2.35. The normalized spacial score (nSPS) is 16.4. The molecule has 0 aromatic heterocycles. The summed E-state index contributed by atoms with van der Waals surface area (Å²) in [5, 5.41) is 15.3. The lowest BCUT2D eigenvalue weighted by molar-refractivity contribution is -0.115. The predicted octanol–water partition coefficient (Wildman–Crippen LogP) is 1.79. The summed E-state index contributed by atoms with van der Waals surface area (Å²) in [7, 11) is 0. The molecule has 19 heavy (non-hydrogen) atoms. The third kappa shape index (κ3) is 2.97. The molecule has 1 fully saturated rings. The molecule has 1 saturated heterocycles. The zero-order valence-corrected chi connectivity index (χ0v) is 11.6. The molecular formula is C12H11ClN2O3S. The second kappa shape index (κ2) is 5.46. The van der Waals surface area contributed by atoms with Crippen molar-refractivity contribution in [3.63, 3.8) is 0 Å². The Morgan fingerprint density at radius 2 is 2.21 bits per heavy atom. The van der Waals surface area contributed by atoms with Crippen LogP contribution in [0.25, 0.3) is 6.08 Å². The second-order valence-electron chi connectivity index (χ2n) is 3.75. The van der Waals surface area contributed by atoms with E-state index in [9.17, 15) is 9.90 Å². The minimum absolute atomic E-state index is 0.120. The van der Waals surface area contributed by atoms with Crippen LogP contribution >= 0.6 is 23.8 Å². The highest BCUT2D eigenvalue weighted by atomic mass is 35.5. The molecule has 1 heterocycles. The Morgan fingerprint density at radius 3 is 2.79 bits per heavy atom. The van der Waals surface area contributed by atoms with E-state index in [0.29, 0.717) is 17.9 Å². The lowest BCUT2D eigenvalue weighted by atomic mass is 10.1. The van der Waals surface area contributed by atoms with Gasteiger partial charge in [-0.3, -0.25) is 10.1 Å². The van der Waals surface area contributed by atoms with Gasteiger partial charge in [-0.1, -0.05) is 11.6 Å². The Hall–Kier alpha value is -1.79. The van der Waals surface area contributed by atoms with Gasteiger partial charge in [0.15, 0.2) is 16.6 Å². The summed E-state index contributed by atoms with van der Waals surface area (Å²) < 4.78 is 5.26. The molecular weight excluding hydrogens is 288 g/mol. The Balaban J connectivity index is 2.38. The summed E-state index contributed by atoms with van der Waals surface area (Å²) in [6, 6.07) is 3.12. The van der Waals surface area contributed by atoms with Gasteiger partial charge in [0.2, 0.25) is 0 Å². The lowest BCUT2D eigenvalue weighted by Gasteiger charge is -2.08. The topological polar surface area (TPSA) is 70.6 Å². The lowest BCUT2D eigenvalue weighted by Crippen LogP contribution is -2.21. The van der Waals surface area contributed by atoms with Crippen LogP contribution in [0.3, 0.4) is 0 Å². The smallest absolute Gasteiger partial charge is 0.273 e. The molecule has 1 aromatic carbocycles. The highest BCUT2D eigenvalue weighted by molar-refractivity contribution is 7.80. The quantitative estimate of drug-likeness (QED) is 0.586. The molecule has 1 aliphatic rings. The number of nitrogens with one attached hydrogen (secondary N) is 2. The number of thiocarbonyl (C=S) groups is 1. The molecule has 1 aromatic rings. The van der Waals surface area contributed by atoms with E-state index in [1.54, 1.807) is 19.1 Å². The average Bonchev–Trinajstić information content (AvgIpc) is 2.64. The first-order valence-electron chi connectivity index (χ1n) is 5.50. The minimum Gasteiger partial charge on any atom is -0.503 e. The SMILES string of the molecule is CCOc1cc(/C=C2/NC(=S)NC2=O)cc(Cl)c1O. The maximum Gasteiger partial charge on any atom is 0.273 e. The van der Waals surface area contributed by atoms with Gasteiger partial charge in [0.05, 0.1) is 11.6 Å². The molecule has 0 unspecified atom stereocenters. The van der Waals surface area contributed by atoms with Crippen molar-refractivity contribution in [2.45, 2.75) is 6.92 Å². The molecule has 100 valence electrons. The Morgan fingerprint density at radius 1 is 1.47 bits per heavy atom. The number of rotatable bonds is 3. The molecule has 5 nitrogen and oxygen atoms in total. The van der Waals surface area contributed by atoms with Crippen LogP contribution < -0.4 is 15.4 Å². The number of carbonyl (C=O) groups is 1. The van der Waals surface area contributed by atoms with Crippen LogP contribution in [0.2, 0.25) is 5.02 Å². The van der Waals surface area contributed by atoms with E-state index in [0.717, 1.165) is 0 Å². The van der Waals surface area contributed by atoms with Gasteiger partial charge >= 0.3 is 0 Å². The van der Waals surface area contributed by atoms with E-state index < -0.39 is 0 Å². The number of hydrogen-bond acceptors (Lipinski definition) is 4. The van der Waals surface area contributed by atoms with Crippen LogP contribution in [-0.4, -0.2) is 22.7 Å². The van der Waals surface area contributed by atoms with Gasteiger partial charge < -0.3 is 15.2 Å². The molecule has 0 spiro atoms. The molecule has 1 aliphatic heterocycles. The number of benzene rings is 1. The van der Waals surface area contributed by atoms with Crippen LogP contribution in [0, 0.1) is 0 Å². The molecule has 1 amide bonds. The van der Waals surface area contributed by atoms with Crippen molar-refractivity contribution in [2.75, 3.05) is 6.61 Å². The third-order valence-corrected chi connectivity index (χ3v) is 2.87. The van der Waals surface area contributed by atoms with Gasteiger partial charge in [-0.05, 0) is 42.9 Å². The van der Waals surface area contributed by atoms with E-state index in [4.69, 9.17) is 28.6 Å². The second-order valence-corrected chi connectivity index (χ2v) is 4.56. The predicted molar refractivity (Wildman–Crippen MR) is 76.1 cm³/mol. The first kappa shape index (κ1) is 13.6. The third-order valence-electron chi connectivity index (χ3n) is 2.38. The summed E-state index contributed by atoms with van der Waals surface area (Å²) in [5.74, 6) is -0.167. The number of phenols is 1. The Labute approximate surface area is 120 Å². The maximum atomic E-state index is 11.5. The zero-order chi connectivity index (χ0) is 14.0. The van der Waals surface area contributed by atoms with E-state index in [1.165, 1.54) is 6.07 Å². The van der Waals surface area contributed by atoms with Crippen LogP contribution in [0.5, 0.6) is 11.5 Å². The number of hydrogen-bond donors (Lipinski definition) is 3. The highest BCUT2D eigenvalue weighted by Gasteiger charge is 2.20. The van der Waals surface area contributed by atoms with E-state index in [2.05, 4.69) is 10.6 Å². The fourth-order valence-electron chi connectivity index (χ4n) is 1.59. The zero-order valence-electron chi connectivity index (χ0n) is 9.99. The van der Waals surface area contributed by atoms with Gasteiger partial charge in [-0.25, -0.2) is 0 Å². The van der Waals surface area contributed by atoms with Crippen molar-refractivity contribution >= 4 is 40.9 Å². The fraction of sp³-hybridized carbons (Fsp3) is 0.167. The molecule has 0 aliphatic carbocycles. The number of ether oxygens (including phenoxy) is 1. The summed E-state index contributed by atoms with van der Waals surface area (Å²) in [6.45, 7) is 2.19. The summed E-state index contributed by atoms with van der Waals surface area (Å²) in [6.07, 6.45) is 1.57. The molecule has 0 atom stereocenters. The van der Waals surface area contributed by atoms with Crippen LogP contribution in [-0.2, 0) is 4.79 Å². The molecule has 0 saturated carbocycles. The first-order chi connectivity index (χ1) is 9.01. The van der Waals surface area contributed by atoms with Crippen molar-refractivity contribution in [1.29, 1.82) is 0 Å². The molecule has 7 heteroatoms. The fourth-order valence-corrected chi connectivity index (χ4v) is 2.01. The molecule has 0 bridgehead atoms. The summed E-state index contributed by atoms with van der Waals surface area (Å²) >= 11 is 10.7. The Kier molecular flexibility index (Phi) is 3.92. The van der Waals surface area contributed by atoms with Crippen LogP contribution in [0.4, 0.5) is 0 Å². The monoisotopic (exact) mass is 298 g/mol. The van der Waals surface area contributed by atoms with Gasteiger partial charge in [-0.15, -0.1) is 0 Å². The number of carbonyl (C=O) groups excluding carboxylic acids is 1. The maximum absolute atomic E-state index is 11.5. The number of amides is 1. The molecule has 0 radical (unpaired) electrons. The van der Waals surface area contributed by atoms with Gasteiger partial charge in [0.1, 0.15) is 5.70 Å². The largest absolute Gasteiger partial charge is 0.503 e. The van der Waals surface area contributed by atoms with E-state index in [1.807, 2.05) is 0 Å².